The van der Waals surface area contributed by atoms with E-state index in [1.165, 1.54) is 0 Å². The van der Waals surface area contributed by atoms with Crippen molar-refractivity contribution in [1.82, 2.24) is 0 Å². The van der Waals surface area contributed by atoms with Crippen LogP contribution in [0.4, 0.5) is 0 Å². The van der Waals surface area contributed by atoms with Gasteiger partial charge in [0.25, 0.3) is 0 Å². The largest absolute Gasteiger partial charge is 0.381 e. The Morgan fingerprint density at radius 1 is 1.50 bits per heavy atom. The van der Waals surface area contributed by atoms with Gasteiger partial charge in [0.2, 0.25) is 0 Å². The van der Waals surface area contributed by atoms with E-state index >= 15 is 0 Å². The number of ether oxygens (including phenoxy) is 2. The minimum Gasteiger partial charge on any atom is -0.381 e. The number of carbonyl (C=O) groups is 1. The normalized spacial score (nSPS) is 22.6. The van der Waals surface area contributed by atoms with Crippen molar-refractivity contribution in [1.29, 1.82) is 0 Å². The van der Waals surface area contributed by atoms with Crippen LogP contribution in [0.3, 0.4) is 0 Å². The van der Waals surface area contributed by atoms with E-state index in [4.69, 9.17) is 9.47 Å². The third kappa shape index (κ3) is 3.76. The second kappa shape index (κ2) is 4.89. The maximum atomic E-state index is 11.5. The molecule has 1 fully saturated rings. The highest BCUT2D eigenvalue weighted by molar-refractivity contribution is 5.84. The van der Waals surface area contributed by atoms with Crippen LogP contribution in [0.2, 0.25) is 0 Å². The highest BCUT2D eigenvalue weighted by atomic mass is 16.5. The highest BCUT2D eigenvalue weighted by Crippen LogP contribution is 2.16. The van der Waals surface area contributed by atoms with E-state index in [0.29, 0.717) is 12.5 Å². The third-order valence-electron chi connectivity index (χ3n) is 2.45. The molecule has 1 atom stereocenters. The smallest absolute Gasteiger partial charge is 0.163 e. The van der Waals surface area contributed by atoms with Gasteiger partial charge in [0.05, 0.1) is 13.2 Å². The van der Waals surface area contributed by atoms with Crippen LogP contribution in [0.1, 0.15) is 27.2 Å². The van der Waals surface area contributed by atoms with Crippen LogP contribution in [0, 0.1) is 11.3 Å². The van der Waals surface area contributed by atoms with Gasteiger partial charge in [0.15, 0.2) is 5.78 Å². The van der Waals surface area contributed by atoms with Crippen molar-refractivity contribution in [3.05, 3.63) is 0 Å². The average molecular weight is 200 g/mol. The molecule has 0 bridgehead atoms. The predicted molar refractivity (Wildman–Crippen MR) is 54.2 cm³/mol. The Hall–Kier alpha value is -0.410. The predicted octanol–water partition coefficient (Wildman–Crippen LogP) is 1.65. The fourth-order valence-electron chi connectivity index (χ4n) is 1.25. The number of carbonyl (C=O) groups excluding carboxylic acids is 1. The van der Waals surface area contributed by atoms with E-state index in [1.54, 1.807) is 0 Å². The molecule has 0 spiro atoms. The standard InChI is InChI=1S/C11H20O3/c1-11(2,3)10(12)8-14-7-9-4-5-13-6-9/h9H,4-8H2,1-3H3. The summed E-state index contributed by atoms with van der Waals surface area (Å²) in [7, 11) is 0. The third-order valence-corrected chi connectivity index (χ3v) is 2.45. The fraction of sp³-hybridized carbons (Fsp3) is 0.909. The Morgan fingerprint density at radius 3 is 2.71 bits per heavy atom. The fourth-order valence-corrected chi connectivity index (χ4v) is 1.25. The second-order valence-corrected chi connectivity index (χ2v) is 4.92. The Morgan fingerprint density at radius 2 is 2.21 bits per heavy atom. The summed E-state index contributed by atoms with van der Waals surface area (Å²) in [4.78, 5) is 11.5. The molecule has 1 rings (SSSR count). The number of Topliss-reactive ketones (excluding diaryl/α,β-unsaturated/α-hetero) is 1. The molecule has 1 saturated heterocycles. The molecule has 3 nitrogen and oxygen atoms in total. The van der Waals surface area contributed by atoms with Crippen molar-refractivity contribution in [2.24, 2.45) is 11.3 Å². The average Bonchev–Trinajstić information content (AvgIpc) is 2.55. The van der Waals surface area contributed by atoms with E-state index in [-0.39, 0.29) is 17.8 Å². The van der Waals surface area contributed by atoms with Crippen LogP contribution in [-0.4, -0.2) is 32.2 Å². The topological polar surface area (TPSA) is 35.5 Å². The maximum absolute atomic E-state index is 11.5. The van der Waals surface area contributed by atoms with Gasteiger partial charge in [-0.3, -0.25) is 4.79 Å². The van der Waals surface area contributed by atoms with Gasteiger partial charge in [-0.05, 0) is 6.42 Å². The van der Waals surface area contributed by atoms with Crippen LogP contribution in [0.25, 0.3) is 0 Å². The molecule has 0 radical (unpaired) electrons. The molecule has 82 valence electrons. The Balaban J connectivity index is 2.11. The van der Waals surface area contributed by atoms with Gasteiger partial charge in [-0.15, -0.1) is 0 Å². The number of hydrogen-bond acceptors (Lipinski definition) is 3. The first-order valence-electron chi connectivity index (χ1n) is 5.19. The first-order valence-corrected chi connectivity index (χ1v) is 5.19. The molecule has 1 aliphatic rings. The molecular formula is C11H20O3. The molecule has 1 unspecified atom stereocenters. The van der Waals surface area contributed by atoms with Crippen molar-refractivity contribution in [2.45, 2.75) is 27.2 Å². The van der Waals surface area contributed by atoms with Crippen molar-refractivity contribution < 1.29 is 14.3 Å². The summed E-state index contributed by atoms with van der Waals surface area (Å²) < 4.78 is 10.6. The van der Waals surface area contributed by atoms with Crippen molar-refractivity contribution in [2.75, 3.05) is 26.4 Å². The summed E-state index contributed by atoms with van der Waals surface area (Å²) in [6, 6.07) is 0. The van der Waals surface area contributed by atoms with E-state index in [1.807, 2.05) is 20.8 Å². The molecule has 0 aromatic heterocycles. The lowest BCUT2D eigenvalue weighted by molar-refractivity contribution is -0.131. The van der Waals surface area contributed by atoms with E-state index in [2.05, 4.69) is 0 Å². The van der Waals surface area contributed by atoms with Crippen molar-refractivity contribution >= 4 is 5.78 Å². The van der Waals surface area contributed by atoms with Crippen molar-refractivity contribution in [3.63, 3.8) is 0 Å². The summed E-state index contributed by atoms with van der Waals surface area (Å²) >= 11 is 0. The maximum Gasteiger partial charge on any atom is 0.163 e. The first-order chi connectivity index (χ1) is 6.50. The van der Waals surface area contributed by atoms with Crippen LogP contribution < -0.4 is 0 Å². The highest BCUT2D eigenvalue weighted by Gasteiger charge is 2.22. The van der Waals surface area contributed by atoms with Crippen LogP contribution in [0.15, 0.2) is 0 Å². The summed E-state index contributed by atoms with van der Waals surface area (Å²) in [5.41, 5.74) is -0.286. The second-order valence-electron chi connectivity index (χ2n) is 4.92. The van der Waals surface area contributed by atoms with Crippen molar-refractivity contribution in [3.8, 4) is 0 Å². The van der Waals surface area contributed by atoms with Gasteiger partial charge < -0.3 is 9.47 Å². The molecule has 0 aromatic rings. The zero-order valence-corrected chi connectivity index (χ0v) is 9.34. The van der Waals surface area contributed by atoms with Gasteiger partial charge in [0, 0.05) is 17.9 Å². The molecule has 0 N–H and O–H groups in total. The van der Waals surface area contributed by atoms with Gasteiger partial charge >= 0.3 is 0 Å². The van der Waals surface area contributed by atoms with Crippen LogP contribution in [0.5, 0.6) is 0 Å². The number of ketones is 1. The number of hydrogen-bond donors (Lipinski definition) is 0. The number of rotatable bonds is 4. The van der Waals surface area contributed by atoms with E-state index < -0.39 is 0 Å². The molecule has 0 saturated carbocycles. The minimum atomic E-state index is -0.286. The Bertz CT molecular complexity index is 187. The molecular weight excluding hydrogens is 180 g/mol. The molecule has 1 aliphatic heterocycles. The lowest BCUT2D eigenvalue weighted by atomic mass is 9.91. The molecule has 0 aliphatic carbocycles. The monoisotopic (exact) mass is 200 g/mol. The summed E-state index contributed by atoms with van der Waals surface area (Å²) in [6.45, 7) is 8.25. The quantitative estimate of drug-likeness (QED) is 0.692. The summed E-state index contributed by atoms with van der Waals surface area (Å²) in [5, 5.41) is 0. The molecule has 1 heterocycles. The summed E-state index contributed by atoms with van der Waals surface area (Å²) in [6.07, 6.45) is 1.06. The van der Waals surface area contributed by atoms with Gasteiger partial charge in [-0.25, -0.2) is 0 Å². The molecule has 0 amide bonds. The molecule has 14 heavy (non-hydrogen) atoms. The van der Waals surface area contributed by atoms with Gasteiger partial charge in [-0.1, -0.05) is 20.8 Å². The Labute approximate surface area is 85.8 Å². The van der Waals surface area contributed by atoms with E-state index in [0.717, 1.165) is 19.6 Å². The minimum absolute atomic E-state index is 0.163. The SMILES string of the molecule is CC(C)(C)C(=O)COCC1CCOC1. The zero-order valence-electron chi connectivity index (χ0n) is 9.34. The Kier molecular flexibility index (Phi) is 4.08. The molecule has 3 heteroatoms. The zero-order chi connectivity index (χ0) is 10.6. The lowest BCUT2D eigenvalue weighted by Gasteiger charge is -2.17. The lowest BCUT2D eigenvalue weighted by Crippen LogP contribution is -2.26. The summed E-state index contributed by atoms with van der Waals surface area (Å²) in [5.74, 6) is 0.652. The van der Waals surface area contributed by atoms with Gasteiger partial charge in [-0.2, -0.15) is 0 Å². The van der Waals surface area contributed by atoms with E-state index in [9.17, 15) is 4.79 Å². The molecule has 0 aromatic carbocycles. The van der Waals surface area contributed by atoms with Crippen LogP contribution >= 0.6 is 0 Å². The van der Waals surface area contributed by atoms with Crippen LogP contribution in [-0.2, 0) is 14.3 Å². The van der Waals surface area contributed by atoms with Gasteiger partial charge in [0.1, 0.15) is 6.61 Å². The first kappa shape index (κ1) is 11.7.